The summed E-state index contributed by atoms with van der Waals surface area (Å²) in [5.74, 6) is 0. The van der Waals surface area contributed by atoms with Gasteiger partial charge in [0.25, 0.3) is 0 Å². The summed E-state index contributed by atoms with van der Waals surface area (Å²) in [6, 6.07) is 0. The van der Waals surface area contributed by atoms with Gasteiger partial charge in [-0.05, 0) is 0 Å². The quantitative estimate of drug-likeness (QED) is 0.378. The molecule has 17 heavy (non-hydrogen) atoms. The van der Waals surface area contributed by atoms with E-state index in [-0.39, 0.29) is 0 Å². The molecule has 0 rings (SSSR count). The zero-order chi connectivity index (χ0) is 13.1. The molecule has 1 unspecified atom stereocenters. The third kappa shape index (κ3) is 6.28. The van der Waals surface area contributed by atoms with Gasteiger partial charge in [-0.25, -0.2) is 0 Å². The van der Waals surface area contributed by atoms with E-state index >= 15 is 0 Å². The summed E-state index contributed by atoms with van der Waals surface area (Å²) in [6.45, 7) is 9.48. The molecule has 0 fully saturated rings. The van der Waals surface area contributed by atoms with Crippen molar-refractivity contribution in [3.8, 4) is 0 Å². The monoisotopic (exact) mass is 258 g/mol. The first-order valence-corrected chi connectivity index (χ1v) is 10.9. The average molecular weight is 258 g/mol. The molecule has 0 heterocycles. The molecule has 0 spiro atoms. The molecule has 0 saturated heterocycles. The topological polar surface area (TPSA) is 0 Å². The summed E-state index contributed by atoms with van der Waals surface area (Å²) in [7, 11) is 1.60. The molecule has 0 aromatic heterocycles. The van der Waals surface area contributed by atoms with Crippen LogP contribution in [0.25, 0.3) is 0 Å². The first kappa shape index (κ1) is 17.5. The van der Waals surface area contributed by atoms with E-state index in [1.54, 1.807) is 18.5 Å². The van der Waals surface area contributed by atoms with Crippen molar-refractivity contribution in [3.05, 3.63) is 0 Å². The fourth-order valence-electron chi connectivity index (χ4n) is 3.13. The Kier molecular flexibility index (Phi) is 10.7. The Bertz CT molecular complexity index is 149. The van der Waals surface area contributed by atoms with Crippen molar-refractivity contribution in [2.45, 2.75) is 78.2 Å². The van der Waals surface area contributed by atoms with Crippen LogP contribution in [-0.4, -0.2) is 31.9 Å². The van der Waals surface area contributed by atoms with Gasteiger partial charge in [-0.3, -0.25) is 0 Å². The van der Waals surface area contributed by atoms with Crippen molar-refractivity contribution in [2.24, 2.45) is 0 Å². The van der Waals surface area contributed by atoms with E-state index in [0.717, 1.165) is 5.56 Å². The third-order valence-electron chi connectivity index (χ3n) is 4.74. The Morgan fingerprint density at radius 2 is 1.12 bits per heavy atom. The predicted molar refractivity (Wildman–Crippen MR) is 90.3 cm³/mol. The van der Waals surface area contributed by atoms with Crippen molar-refractivity contribution < 1.29 is 0 Å². The molecule has 0 N–H and O–H groups in total. The Hall–Kier alpha value is 0.495. The molecule has 2 heteroatoms. The van der Waals surface area contributed by atoms with E-state index in [2.05, 4.69) is 35.5 Å². The number of hydrogen-bond donors (Lipinski definition) is 0. The van der Waals surface area contributed by atoms with Gasteiger partial charge in [0.15, 0.2) is 0 Å². The van der Waals surface area contributed by atoms with Crippen LogP contribution in [0.3, 0.4) is 0 Å². The second-order valence-corrected chi connectivity index (χ2v) is 11.2. The zero-order valence-corrected chi connectivity index (χ0v) is 14.1. The number of unbranched alkanes of at least 4 members (excludes halogenated alkanes) is 3. The molecule has 0 aromatic rings. The second-order valence-electron chi connectivity index (χ2n) is 5.98. The fourth-order valence-corrected chi connectivity index (χ4v) is 9.40. The van der Waals surface area contributed by atoms with Crippen LogP contribution in [0.1, 0.15) is 72.6 Å². The van der Waals surface area contributed by atoms with Crippen LogP contribution in [0, 0.1) is 0 Å². The molecule has 0 radical (unpaired) electrons. The SMILES string of the molecule is BC(CC)[PH](CCCC)(CCCC)CCCC. The summed E-state index contributed by atoms with van der Waals surface area (Å²) in [4.78, 5) is 0. The molecule has 0 aliphatic rings. The van der Waals surface area contributed by atoms with E-state index in [4.69, 9.17) is 0 Å². The maximum atomic E-state index is 2.56. The van der Waals surface area contributed by atoms with Gasteiger partial charge in [-0.1, -0.05) is 0 Å². The van der Waals surface area contributed by atoms with Gasteiger partial charge in [-0.2, -0.15) is 0 Å². The van der Waals surface area contributed by atoms with Crippen LogP contribution in [0.15, 0.2) is 0 Å². The second kappa shape index (κ2) is 10.4. The van der Waals surface area contributed by atoms with Crippen molar-refractivity contribution in [3.63, 3.8) is 0 Å². The third-order valence-corrected chi connectivity index (χ3v) is 11.3. The zero-order valence-electron chi connectivity index (χ0n) is 13.1. The predicted octanol–water partition coefficient (Wildman–Crippen LogP) is 4.51. The van der Waals surface area contributed by atoms with Crippen molar-refractivity contribution in [1.82, 2.24) is 0 Å². The molecule has 0 aliphatic carbocycles. The first-order chi connectivity index (χ1) is 8.16. The van der Waals surface area contributed by atoms with Gasteiger partial charge in [0.05, 0.1) is 0 Å². The Morgan fingerprint density at radius 3 is 1.35 bits per heavy atom. The molecule has 0 amide bonds. The van der Waals surface area contributed by atoms with Crippen molar-refractivity contribution >= 4 is 15.1 Å². The van der Waals surface area contributed by atoms with Crippen LogP contribution < -0.4 is 0 Å². The van der Waals surface area contributed by atoms with Crippen molar-refractivity contribution in [2.75, 3.05) is 18.5 Å². The van der Waals surface area contributed by atoms with Gasteiger partial charge < -0.3 is 0 Å². The first-order valence-electron chi connectivity index (χ1n) is 8.16. The van der Waals surface area contributed by atoms with Crippen LogP contribution >= 0.6 is 7.26 Å². The van der Waals surface area contributed by atoms with E-state index in [1.165, 1.54) is 44.9 Å². The minimum absolute atomic E-state index is 0.962. The normalized spacial score (nSPS) is 14.8. The standard InChI is InChI=1S/C15H36BP/c1-5-9-12-17(13-10-6-2,14-11-7-3)15(16)8-4/h15,17H,5-14,16H2,1-4H3. The number of rotatable bonds is 11. The minimum atomic E-state index is -0.962. The molecular weight excluding hydrogens is 222 g/mol. The Labute approximate surface area is 112 Å². The van der Waals surface area contributed by atoms with Gasteiger partial charge >= 0.3 is 112 Å². The van der Waals surface area contributed by atoms with E-state index in [9.17, 15) is 0 Å². The summed E-state index contributed by atoms with van der Waals surface area (Å²) < 4.78 is 0. The van der Waals surface area contributed by atoms with Gasteiger partial charge in [0.1, 0.15) is 0 Å². The van der Waals surface area contributed by atoms with Crippen LogP contribution in [0.5, 0.6) is 0 Å². The molecule has 0 saturated carbocycles. The summed E-state index contributed by atoms with van der Waals surface area (Å²) in [6.07, 6.45) is 14.9. The molecule has 0 aliphatic heterocycles. The van der Waals surface area contributed by atoms with E-state index < -0.39 is 7.26 Å². The van der Waals surface area contributed by atoms with Gasteiger partial charge in [0, 0.05) is 0 Å². The van der Waals surface area contributed by atoms with Crippen LogP contribution in [0.2, 0.25) is 0 Å². The van der Waals surface area contributed by atoms with E-state index in [1.807, 2.05) is 0 Å². The summed E-state index contributed by atoms with van der Waals surface area (Å²) in [5.41, 5.74) is 1.05. The molecule has 0 bridgehead atoms. The maximum absolute atomic E-state index is 2.56. The van der Waals surface area contributed by atoms with Crippen LogP contribution in [-0.2, 0) is 0 Å². The Morgan fingerprint density at radius 1 is 0.765 bits per heavy atom. The molecular formula is C15H36BP. The average Bonchev–Trinajstić information content (AvgIpc) is 2.37. The molecule has 0 nitrogen and oxygen atoms in total. The van der Waals surface area contributed by atoms with Crippen LogP contribution in [0.4, 0.5) is 0 Å². The summed E-state index contributed by atoms with van der Waals surface area (Å²) >= 11 is 0. The van der Waals surface area contributed by atoms with Gasteiger partial charge in [0.2, 0.25) is 0 Å². The number of hydrogen-bond acceptors (Lipinski definition) is 0. The Balaban J connectivity index is 4.63. The molecule has 0 aromatic carbocycles. The molecule has 104 valence electrons. The van der Waals surface area contributed by atoms with Gasteiger partial charge in [-0.15, -0.1) is 0 Å². The van der Waals surface area contributed by atoms with E-state index in [0.29, 0.717) is 0 Å². The molecule has 1 atom stereocenters. The van der Waals surface area contributed by atoms with Crippen molar-refractivity contribution in [1.29, 1.82) is 0 Å². The fraction of sp³-hybridized carbons (Fsp3) is 1.00. The summed E-state index contributed by atoms with van der Waals surface area (Å²) in [5, 5.41) is 0.